The van der Waals surface area contributed by atoms with E-state index in [1.807, 2.05) is 36.0 Å². The lowest BCUT2D eigenvalue weighted by molar-refractivity contribution is -0.121. The van der Waals surface area contributed by atoms with Crippen LogP contribution in [0.1, 0.15) is 18.9 Å². The van der Waals surface area contributed by atoms with Gasteiger partial charge < -0.3 is 19.4 Å². The van der Waals surface area contributed by atoms with Crippen LogP contribution in [0.3, 0.4) is 0 Å². The van der Waals surface area contributed by atoms with Gasteiger partial charge in [-0.05, 0) is 13.0 Å². The molecule has 1 aliphatic heterocycles. The van der Waals surface area contributed by atoms with E-state index in [-0.39, 0.29) is 12.0 Å². The van der Waals surface area contributed by atoms with Crippen LogP contribution in [-0.4, -0.2) is 59.0 Å². The molecule has 1 aromatic carbocycles. The third-order valence-corrected chi connectivity index (χ3v) is 5.66. The van der Waals surface area contributed by atoms with Crippen molar-refractivity contribution in [1.82, 2.24) is 19.8 Å². The average molecular weight is 405 g/mol. The number of hydrogen-bond acceptors (Lipinski definition) is 6. The Labute approximate surface area is 170 Å². The Morgan fingerprint density at radius 1 is 1.46 bits per heavy atom. The number of ether oxygens (including phenoxy) is 2. The molecule has 28 heavy (non-hydrogen) atoms. The molecule has 1 aromatic heterocycles. The van der Waals surface area contributed by atoms with Gasteiger partial charge in [0.15, 0.2) is 5.16 Å². The predicted octanol–water partition coefficient (Wildman–Crippen LogP) is 2.31. The van der Waals surface area contributed by atoms with Gasteiger partial charge >= 0.3 is 0 Å². The molecule has 7 nitrogen and oxygen atoms in total. The zero-order valence-electron chi connectivity index (χ0n) is 16.7. The molecule has 152 valence electrons. The van der Waals surface area contributed by atoms with Crippen molar-refractivity contribution < 1.29 is 14.3 Å². The Hall–Kier alpha value is -2.19. The van der Waals surface area contributed by atoms with Gasteiger partial charge in [-0.2, -0.15) is 0 Å². The fourth-order valence-electron chi connectivity index (χ4n) is 3.17. The predicted molar refractivity (Wildman–Crippen MR) is 110 cm³/mol. The molecule has 8 heteroatoms. The number of imidazole rings is 1. The van der Waals surface area contributed by atoms with E-state index < -0.39 is 0 Å². The molecule has 1 atom stereocenters. The van der Waals surface area contributed by atoms with Crippen LogP contribution in [0.2, 0.25) is 0 Å². The molecule has 0 spiro atoms. The molecule has 0 bridgehead atoms. The molecule has 0 unspecified atom stereocenters. The van der Waals surface area contributed by atoms with Crippen molar-refractivity contribution in [2.45, 2.75) is 31.1 Å². The fraction of sp³-hybridized carbons (Fsp3) is 0.500. The summed E-state index contributed by atoms with van der Waals surface area (Å²) in [6.45, 7) is 4.96. The molecule has 1 amide bonds. The molecule has 0 aliphatic carbocycles. The van der Waals surface area contributed by atoms with E-state index in [0.29, 0.717) is 19.5 Å². The summed E-state index contributed by atoms with van der Waals surface area (Å²) in [5, 5.41) is 3.96. The van der Waals surface area contributed by atoms with Crippen LogP contribution in [0.4, 0.5) is 0 Å². The van der Waals surface area contributed by atoms with E-state index in [2.05, 4.69) is 22.1 Å². The van der Waals surface area contributed by atoms with Crippen molar-refractivity contribution in [3.05, 3.63) is 36.2 Å². The maximum absolute atomic E-state index is 12.2. The molecule has 3 rings (SSSR count). The number of hydrogen-bond donors (Lipinski definition) is 1. The van der Waals surface area contributed by atoms with E-state index >= 15 is 0 Å². The zero-order chi connectivity index (χ0) is 19.9. The topological polar surface area (TPSA) is 68.6 Å². The van der Waals surface area contributed by atoms with Crippen molar-refractivity contribution in [3.8, 4) is 11.5 Å². The van der Waals surface area contributed by atoms with Crippen LogP contribution >= 0.6 is 11.8 Å². The van der Waals surface area contributed by atoms with E-state index in [1.165, 1.54) is 0 Å². The van der Waals surface area contributed by atoms with E-state index in [1.54, 1.807) is 25.1 Å². The van der Waals surface area contributed by atoms with E-state index in [4.69, 9.17) is 9.47 Å². The van der Waals surface area contributed by atoms with Crippen LogP contribution in [0, 0.1) is 0 Å². The summed E-state index contributed by atoms with van der Waals surface area (Å²) in [6, 6.07) is 5.91. The van der Waals surface area contributed by atoms with Crippen molar-refractivity contribution >= 4 is 17.7 Å². The van der Waals surface area contributed by atoms with Gasteiger partial charge in [-0.1, -0.05) is 17.8 Å². The van der Waals surface area contributed by atoms with Crippen molar-refractivity contribution in [3.63, 3.8) is 0 Å². The number of thioether (sulfide) groups is 1. The molecule has 0 saturated carbocycles. The highest BCUT2D eigenvalue weighted by molar-refractivity contribution is 7.99. The SMILES string of the molecule is COc1ccc2c(c1)O[C@@H](C)CN(CCC(=O)NCCSc1nccn1C)C2. The molecule has 0 radical (unpaired) electrons. The Bertz CT molecular complexity index is 796. The van der Waals surface area contributed by atoms with Crippen molar-refractivity contribution in [2.75, 3.05) is 32.5 Å². The Morgan fingerprint density at radius 3 is 3.07 bits per heavy atom. The van der Waals surface area contributed by atoms with Crippen LogP contribution < -0.4 is 14.8 Å². The lowest BCUT2D eigenvalue weighted by Gasteiger charge is -2.21. The highest BCUT2D eigenvalue weighted by Crippen LogP contribution is 2.29. The number of nitrogens with one attached hydrogen (secondary N) is 1. The van der Waals surface area contributed by atoms with E-state index in [9.17, 15) is 4.79 Å². The molecular formula is C20H28N4O3S. The first kappa shape index (κ1) is 20.5. The van der Waals surface area contributed by atoms with Crippen LogP contribution in [0.15, 0.2) is 35.7 Å². The third kappa shape index (κ3) is 5.65. The van der Waals surface area contributed by atoms with Crippen LogP contribution in [0.5, 0.6) is 11.5 Å². The van der Waals surface area contributed by atoms with E-state index in [0.717, 1.165) is 41.1 Å². The normalized spacial score (nSPS) is 16.8. The van der Waals surface area contributed by atoms with Gasteiger partial charge in [0.25, 0.3) is 0 Å². The first-order valence-corrected chi connectivity index (χ1v) is 10.5. The largest absolute Gasteiger partial charge is 0.497 e. The van der Waals surface area contributed by atoms with Crippen molar-refractivity contribution in [2.24, 2.45) is 7.05 Å². The zero-order valence-corrected chi connectivity index (χ0v) is 17.5. The second-order valence-electron chi connectivity index (χ2n) is 6.91. The summed E-state index contributed by atoms with van der Waals surface area (Å²) in [4.78, 5) is 18.7. The molecule has 2 aromatic rings. The lowest BCUT2D eigenvalue weighted by atomic mass is 10.1. The molecule has 0 saturated heterocycles. The maximum Gasteiger partial charge on any atom is 0.221 e. The van der Waals surface area contributed by atoms with Crippen LogP contribution in [0.25, 0.3) is 0 Å². The van der Waals surface area contributed by atoms with Gasteiger partial charge in [0.1, 0.15) is 17.6 Å². The molecule has 0 fully saturated rings. The molecule has 1 aliphatic rings. The Morgan fingerprint density at radius 2 is 2.32 bits per heavy atom. The summed E-state index contributed by atoms with van der Waals surface area (Å²) in [6.07, 6.45) is 4.23. The fourth-order valence-corrected chi connectivity index (χ4v) is 3.95. The average Bonchev–Trinajstić information content (AvgIpc) is 3.01. The monoisotopic (exact) mass is 404 g/mol. The second kappa shape index (κ2) is 9.84. The number of carbonyl (C=O) groups is 1. The van der Waals surface area contributed by atoms with Crippen molar-refractivity contribution in [1.29, 1.82) is 0 Å². The first-order chi connectivity index (χ1) is 13.5. The van der Waals surface area contributed by atoms with Gasteiger partial charge in [0.05, 0.1) is 7.11 Å². The quantitative estimate of drug-likeness (QED) is 0.538. The minimum atomic E-state index is 0.0607. The maximum atomic E-state index is 12.2. The number of carbonyl (C=O) groups excluding carboxylic acids is 1. The number of methoxy groups -OCH3 is 1. The highest BCUT2D eigenvalue weighted by Gasteiger charge is 2.21. The van der Waals surface area contributed by atoms with Gasteiger partial charge in [0, 0.05) is 69.4 Å². The standard InChI is InChI=1S/C20H28N4O3S/c1-15-13-24(14-16-4-5-17(26-3)12-18(16)27-15)9-6-19(25)21-8-11-28-20-22-7-10-23(20)2/h4-5,7,10,12,15H,6,8-9,11,13-14H2,1-3H3,(H,21,25)/t15-/m0/s1. The highest BCUT2D eigenvalue weighted by atomic mass is 32.2. The molecule has 1 N–H and O–H groups in total. The number of nitrogens with zero attached hydrogens (tertiary/aromatic N) is 3. The van der Waals surface area contributed by atoms with Gasteiger partial charge in [0.2, 0.25) is 5.91 Å². The minimum Gasteiger partial charge on any atom is -0.497 e. The number of fused-ring (bicyclic) bond motifs is 1. The summed E-state index contributed by atoms with van der Waals surface area (Å²) >= 11 is 1.64. The molecular weight excluding hydrogens is 376 g/mol. The number of aryl methyl sites for hydroxylation is 1. The third-order valence-electron chi connectivity index (χ3n) is 4.60. The lowest BCUT2D eigenvalue weighted by Crippen LogP contribution is -2.35. The summed E-state index contributed by atoms with van der Waals surface area (Å²) in [5.74, 6) is 2.54. The molecule has 2 heterocycles. The number of amides is 1. The first-order valence-electron chi connectivity index (χ1n) is 9.48. The minimum absolute atomic E-state index is 0.0607. The Balaban J connectivity index is 1.43. The van der Waals surface area contributed by atoms with Gasteiger partial charge in [-0.15, -0.1) is 0 Å². The summed E-state index contributed by atoms with van der Waals surface area (Å²) in [7, 11) is 3.62. The summed E-state index contributed by atoms with van der Waals surface area (Å²) in [5.41, 5.74) is 1.12. The Kier molecular flexibility index (Phi) is 7.22. The number of aromatic nitrogens is 2. The van der Waals surface area contributed by atoms with Gasteiger partial charge in [-0.25, -0.2) is 4.98 Å². The number of rotatable bonds is 8. The van der Waals surface area contributed by atoms with Crippen LogP contribution in [-0.2, 0) is 18.4 Å². The summed E-state index contributed by atoms with van der Waals surface area (Å²) < 4.78 is 13.3. The van der Waals surface area contributed by atoms with Gasteiger partial charge in [-0.3, -0.25) is 9.69 Å². The smallest absolute Gasteiger partial charge is 0.221 e. The second-order valence-corrected chi connectivity index (χ2v) is 7.97. The number of benzene rings is 1.